The van der Waals surface area contributed by atoms with E-state index >= 15 is 0 Å². The lowest BCUT2D eigenvalue weighted by Gasteiger charge is -2.10. The molecule has 0 radical (unpaired) electrons. The van der Waals surface area contributed by atoms with Crippen LogP contribution in [0.15, 0.2) is 66.7 Å². The van der Waals surface area contributed by atoms with E-state index in [0.717, 1.165) is 11.6 Å². The van der Waals surface area contributed by atoms with Gasteiger partial charge in [0, 0.05) is 24.2 Å². The first-order valence-corrected chi connectivity index (χ1v) is 8.76. The third-order valence-corrected chi connectivity index (χ3v) is 3.93. The van der Waals surface area contributed by atoms with Crippen LogP contribution in [0.3, 0.4) is 0 Å². The zero-order chi connectivity index (χ0) is 20.8. The molecule has 2 amide bonds. The second kappa shape index (κ2) is 8.97. The third-order valence-electron chi connectivity index (χ3n) is 3.93. The van der Waals surface area contributed by atoms with Gasteiger partial charge in [-0.3, -0.25) is 9.59 Å². The highest BCUT2D eigenvalue weighted by Crippen LogP contribution is 2.19. The van der Waals surface area contributed by atoms with E-state index in [-0.39, 0.29) is 23.7 Å². The average Bonchev–Trinajstić information content (AvgIpc) is 2.68. The number of benzene rings is 3. The summed E-state index contributed by atoms with van der Waals surface area (Å²) in [5, 5.41) is 5.06. The van der Waals surface area contributed by atoms with Crippen LogP contribution in [-0.2, 0) is 11.4 Å². The lowest BCUT2D eigenvalue weighted by Crippen LogP contribution is -2.14. The van der Waals surface area contributed by atoms with Crippen LogP contribution in [0.5, 0.6) is 5.75 Å². The van der Waals surface area contributed by atoms with Crippen molar-refractivity contribution < 1.29 is 23.1 Å². The minimum Gasteiger partial charge on any atom is -0.489 e. The van der Waals surface area contributed by atoms with Gasteiger partial charge < -0.3 is 15.4 Å². The molecule has 0 heterocycles. The number of nitrogens with one attached hydrogen (secondary N) is 2. The average molecular weight is 396 g/mol. The molecule has 29 heavy (non-hydrogen) atoms. The summed E-state index contributed by atoms with van der Waals surface area (Å²) < 4.78 is 32.5. The highest BCUT2D eigenvalue weighted by Gasteiger charge is 2.11. The SMILES string of the molecule is CC(=O)Nc1cc(C(=O)Nc2cccc(COc3cccc(F)c3)c2)ccc1F. The summed E-state index contributed by atoms with van der Waals surface area (Å²) >= 11 is 0. The molecule has 0 fully saturated rings. The first-order chi connectivity index (χ1) is 13.9. The number of carbonyl (C=O) groups is 2. The van der Waals surface area contributed by atoms with Gasteiger partial charge in [-0.1, -0.05) is 18.2 Å². The Morgan fingerprint density at radius 3 is 2.48 bits per heavy atom. The Kier molecular flexibility index (Phi) is 6.19. The largest absolute Gasteiger partial charge is 0.489 e. The fourth-order valence-corrected chi connectivity index (χ4v) is 2.62. The van der Waals surface area contributed by atoms with Crippen LogP contribution in [0.4, 0.5) is 20.2 Å². The van der Waals surface area contributed by atoms with E-state index in [9.17, 15) is 18.4 Å². The van der Waals surface area contributed by atoms with Crippen LogP contribution in [0.1, 0.15) is 22.8 Å². The normalized spacial score (nSPS) is 10.3. The Bertz CT molecular complexity index is 1050. The van der Waals surface area contributed by atoms with Gasteiger partial charge >= 0.3 is 0 Å². The summed E-state index contributed by atoms with van der Waals surface area (Å²) in [4.78, 5) is 23.6. The van der Waals surface area contributed by atoms with Crippen molar-refractivity contribution in [1.82, 2.24) is 0 Å². The van der Waals surface area contributed by atoms with Crippen molar-refractivity contribution in [2.75, 3.05) is 10.6 Å². The Labute approximate surface area is 166 Å². The van der Waals surface area contributed by atoms with Crippen molar-refractivity contribution in [2.24, 2.45) is 0 Å². The van der Waals surface area contributed by atoms with Gasteiger partial charge in [0.05, 0.1) is 5.69 Å². The molecule has 0 saturated carbocycles. The van der Waals surface area contributed by atoms with Gasteiger partial charge in [0.25, 0.3) is 5.91 Å². The molecule has 0 aliphatic heterocycles. The van der Waals surface area contributed by atoms with Gasteiger partial charge in [0.15, 0.2) is 0 Å². The molecule has 0 atom stereocenters. The predicted molar refractivity (Wildman–Crippen MR) is 106 cm³/mol. The number of anilines is 2. The quantitative estimate of drug-likeness (QED) is 0.632. The summed E-state index contributed by atoms with van der Waals surface area (Å²) in [5.74, 6) is -1.52. The molecule has 3 rings (SSSR count). The summed E-state index contributed by atoms with van der Waals surface area (Å²) in [7, 11) is 0. The van der Waals surface area contributed by atoms with E-state index in [2.05, 4.69) is 10.6 Å². The molecular formula is C22H18F2N2O3. The molecule has 3 aromatic carbocycles. The third kappa shape index (κ3) is 5.62. The lowest BCUT2D eigenvalue weighted by molar-refractivity contribution is -0.114. The zero-order valence-electron chi connectivity index (χ0n) is 15.5. The van der Waals surface area contributed by atoms with E-state index in [4.69, 9.17) is 4.74 Å². The molecule has 0 aliphatic carbocycles. The Morgan fingerprint density at radius 1 is 0.931 bits per heavy atom. The standard InChI is InChI=1S/C22H18F2N2O3/c1-14(27)25-21-11-16(8-9-20(21)24)22(28)26-18-6-2-4-15(10-18)13-29-19-7-3-5-17(23)12-19/h2-12H,13H2,1H3,(H,25,27)(H,26,28). The van der Waals surface area contributed by atoms with E-state index in [1.54, 1.807) is 30.3 Å². The molecule has 0 spiro atoms. The van der Waals surface area contributed by atoms with Crippen LogP contribution in [0, 0.1) is 11.6 Å². The fraction of sp³-hybridized carbons (Fsp3) is 0.0909. The van der Waals surface area contributed by atoms with E-state index in [1.807, 2.05) is 6.07 Å². The highest BCUT2D eigenvalue weighted by atomic mass is 19.1. The molecule has 5 nitrogen and oxygen atoms in total. The van der Waals surface area contributed by atoms with E-state index < -0.39 is 17.6 Å². The summed E-state index contributed by atoms with van der Waals surface area (Å²) in [6.07, 6.45) is 0. The number of rotatable bonds is 6. The first-order valence-electron chi connectivity index (χ1n) is 8.76. The maximum atomic E-state index is 13.7. The van der Waals surface area contributed by atoms with Gasteiger partial charge in [-0.05, 0) is 48.0 Å². The summed E-state index contributed by atoms with van der Waals surface area (Å²) in [6, 6.07) is 16.5. The molecule has 7 heteroatoms. The number of amides is 2. The number of ether oxygens (including phenoxy) is 1. The van der Waals surface area contributed by atoms with Gasteiger partial charge in [-0.2, -0.15) is 0 Å². The van der Waals surface area contributed by atoms with Gasteiger partial charge in [0.2, 0.25) is 5.91 Å². The van der Waals surface area contributed by atoms with Crippen LogP contribution >= 0.6 is 0 Å². The van der Waals surface area contributed by atoms with Crippen LogP contribution in [-0.4, -0.2) is 11.8 Å². The minimum atomic E-state index is -0.631. The Hall–Kier alpha value is -3.74. The van der Waals surface area contributed by atoms with Crippen LogP contribution < -0.4 is 15.4 Å². The fourth-order valence-electron chi connectivity index (χ4n) is 2.62. The van der Waals surface area contributed by atoms with Crippen LogP contribution in [0.25, 0.3) is 0 Å². The van der Waals surface area contributed by atoms with Crippen LogP contribution in [0.2, 0.25) is 0 Å². The second-order valence-electron chi connectivity index (χ2n) is 6.28. The molecule has 2 N–H and O–H groups in total. The second-order valence-corrected chi connectivity index (χ2v) is 6.28. The van der Waals surface area contributed by atoms with Crippen molar-refractivity contribution in [3.8, 4) is 5.75 Å². The highest BCUT2D eigenvalue weighted by molar-refractivity contribution is 6.05. The van der Waals surface area contributed by atoms with Crippen molar-refractivity contribution in [2.45, 2.75) is 13.5 Å². The smallest absolute Gasteiger partial charge is 0.255 e. The maximum absolute atomic E-state index is 13.7. The molecule has 0 unspecified atom stereocenters. The monoisotopic (exact) mass is 396 g/mol. The van der Waals surface area contributed by atoms with Gasteiger partial charge in [0.1, 0.15) is 24.0 Å². The van der Waals surface area contributed by atoms with E-state index in [1.165, 1.54) is 31.2 Å². The molecule has 0 aromatic heterocycles. The van der Waals surface area contributed by atoms with Crippen molar-refractivity contribution >= 4 is 23.2 Å². The summed E-state index contributed by atoms with van der Waals surface area (Å²) in [5.41, 5.74) is 1.41. The molecule has 3 aromatic rings. The minimum absolute atomic E-state index is 0.0672. The predicted octanol–water partition coefficient (Wildman–Crippen LogP) is 4.75. The Balaban J connectivity index is 1.68. The van der Waals surface area contributed by atoms with Gasteiger partial charge in [-0.15, -0.1) is 0 Å². The zero-order valence-corrected chi connectivity index (χ0v) is 15.5. The van der Waals surface area contributed by atoms with E-state index in [0.29, 0.717) is 11.4 Å². The van der Waals surface area contributed by atoms with Crippen molar-refractivity contribution in [3.05, 3.63) is 89.5 Å². The molecule has 0 bridgehead atoms. The van der Waals surface area contributed by atoms with Crippen molar-refractivity contribution in [1.29, 1.82) is 0 Å². The molecule has 148 valence electrons. The molecule has 0 saturated heterocycles. The lowest BCUT2D eigenvalue weighted by atomic mass is 10.1. The molecule has 0 aliphatic rings. The Morgan fingerprint density at radius 2 is 1.72 bits per heavy atom. The molecular weight excluding hydrogens is 378 g/mol. The number of carbonyl (C=O) groups excluding carboxylic acids is 2. The van der Waals surface area contributed by atoms with Gasteiger partial charge in [-0.25, -0.2) is 8.78 Å². The number of hydrogen-bond acceptors (Lipinski definition) is 3. The topological polar surface area (TPSA) is 67.4 Å². The number of halogens is 2. The summed E-state index contributed by atoms with van der Waals surface area (Å²) in [6.45, 7) is 1.44. The maximum Gasteiger partial charge on any atom is 0.255 e. The number of hydrogen-bond donors (Lipinski definition) is 2. The van der Waals surface area contributed by atoms with Crippen molar-refractivity contribution in [3.63, 3.8) is 0 Å². The first kappa shape index (κ1) is 20.0.